The van der Waals surface area contributed by atoms with Gasteiger partial charge in [-0.3, -0.25) is 0 Å². The van der Waals surface area contributed by atoms with E-state index in [0.717, 1.165) is 37.5 Å². The van der Waals surface area contributed by atoms with Crippen molar-refractivity contribution in [2.45, 2.75) is 50.9 Å². The maximum Gasteiger partial charge on any atom is 0.369 e. The Morgan fingerprint density at radius 3 is 2.80 bits per heavy atom. The number of hydrogen-bond acceptors (Lipinski definition) is 6. The minimum Gasteiger partial charge on any atom is -0.493 e. The molecule has 0 spiro atoms. The molecule has 2 rings (SSSR count). The number of ether oxygens (including phenoxy) is 2. The van der Waals surface area contributed by atoms with Crippen molar-refractivity contribution < 1.29 is 29.6 Å². The Bertz CT molecular complexity index is 733. The lowest BCUT2D eigenvalue weighted by Gasteiger charge is -2.22. The highest BCUT2D eigenvalue weighted by Gasteiger charge is 2.41. The van der Waals surface area contributed by atoms with Crippen LogP contribution in [0.1, 0.15) is 39.0 Å². The van der Waals surface area contributed by atoms with Crippen LogP contribution in [-0.4, -0.2) is 46.4 Å². The molecule has 0 radical (unpaired) electrons. The highest BCUT2D eigenvalue weighted by Crippen LogP contribution is 2.35. The fraction of sp³-hybridized carbons (Fsp3) is 0.500. The molecule has 0 heterocycles. The van der Waals surface area contributed by atoms with Gasteiger partial charge in [-0.25, -0.2) is 4.79 Å². The Hall–Kier alpha value is -2.37. The zero-order chi connectivity index (χ0) is 21.8. The molecule has 0 saturated heterocycles. The predicted octanol–water partition coefficient (Wildman–Crippen LogP) is 3.13. The number of para-hydroxylation sites is 1. The van der Waals surface area contributed by atoms with Crippen molar-refractivity contribution in [3.05, 3.63) is 60.4 Å². The summed E-state index contributed by atoms with van der Waals surface area (Å²) in [6.07, 6.45) is 10.5. The Morgan fingerprint density at radius 1 is 1.30 bits per heavy atom. The van der Waals surface area contributed by atoms with Crippen LogP contribution in [0.15, 0.2) is 60.4 Å². The van der Waals surface area contributed by atoms with Gasteiger partial charge in [0.1, 0.15) is 11.9 Å². The molecule has 1 aliphatic carbocycles. The molecule has 1 aliphatic rings. The van der Waals surface area contributed by atoms with Crippen LogP contribution in [-0.2, 0) is 9.53 Å². The molecule has 30 heavy (non-hydrogen) atoms. The van der Waals surface area contributed by atoms with Crippen LogP contribution in [0.5, 0.6) is 5.75 Å². The molecule has 0 amide bonds. The molecule has 1 saturated carbocycles. The topological polar surface area (TPSA) is 96.2 Å². The number of allylic oxidation sites excluding steroid dienone is 1. The highest BCUT2D eigenvalue weighted by molar-refractivity contribution is 5.78. The molecule has 1 unspecified atom stereocenters. The Labute approximate surface area is 178 Å². The fourth-order valence-electron chi connectivity index (χ4n) is 3.50. The van der Waals surface area contributed by atoms with Crippen LogP contribution < -0.4 is 4.74 Å². The van der Waals surface area contributed by atoms with E-state index in [4.69, 9.17) is 4.74 Å². The first kappa shape index (κ1) is 23.9. The van der Waals surface area contributed by atoms with E-state index in [9.17, 15) is 20.1 Å². The third kappa shape index (κ3) is 7.47. The Kier molecular flexibility index (Phi) is 9.84. The van der Waals surface area contributed by atoms with Gasteiger partial charge in [0.2, 0.25) is 0 Å². The van der Waals surface area contributed by atoms with Gasteiger partial charge in [-0.2, -0.15) is 0 Å². The van der Waals surface area contributed by atoms with Gasteiger partial charge < -0.3 is 24.8 Å². The van der Waals surface area contributed by atoms with Crippen LogP contribution in [0.25, 0.3) is 0 Å². The second kappa shape index (κ2) is 12.4. The van der Waals surface area contributed by atoms with Crippen LogP contribution >= 0.6 is 0 Å². The van der Waals surface area contributed by atoms with Gasteiger partial charge in [-0.1, -0.05) is 36.8 Å². The van der Waals surface area contributed by atoms with Crippen LogP contribution in [0.3, 0.4) is 0 Å². The molecular weight excluding hydrogens is 384 g/mol. The molecule has 3 N–H and O–H groups in total. The average Bonchev–Trinajstić information content (AvgIpc) is 3.19. The molecule has 1 aromatic carbocycles. The molecule has 0 aliphatic heterocycles. The zero-order valence-corrected chi connectivity index (χ0v) is 17.4. The van der Waals surface area contributed by atoms with Crippen molar-refractivity contribution in [1.82, 2.24) is 0 Å². The minimum atomic E-state index is -2.97. The molecule has 164 valence electrons. The lowest BCUT2D eigenvalue weighted by Crippen LogP contribution is -2.49. The van der Waals surface area contributed by atoms with Gasteiger partial charge in [0, 0.05) is 0 Å². The lowest BCUT2D eigenvalue weighted by atomic mass is 9.92. The van der Waals surface area contributed by atoms with Crippen LogP contribution in [0.4, 0.5) is 0 Å². The molecular formula is C24H32O6. The summed E-state index contributed by atoms with van der Waals surface area (Å²) in [7, 11) is 0. The first-order chi connectivity index (χ1) is 14.4. The number of hydrogen-bond donors (Lipinski definition) is 3. The number of aliphatic hydroxyl groups is 3. The van der Waals surface area contributed by atoms with Gasteiger partial charge >= 0.3 is 5.97 Å². The van der Waals surface area contributed by atoms with E-state index in [2.05, 4.69) is 22.6 Å². The van der Waals surface area contributed by atoms with Gasteiger partial charge in [-0.05, 0) is 68.7 Å². The zero-order valence-electron chi connectivity index (χ0n) is 17.4. The smallest absolute Gasteiger partial charge is 0.369 e. The van der Waals surface area contributed by atoms with E-state index in [1.807, 2.05) is 30.3 Å². The van der Waals surface area contributed by atoms with Crippen molar-refractivity contribution in [3.63, 3.8) is 0 Å². The van der Waals surface area contributed by atoms with Gasteiger partial charge in [0.25, 0.3) is 5.79 Å². The maximum absolute atomic E-state index is 11.5. The van der Waals surface area contributed by atoms with E-state index in [1.54, 1.807) is 13.0 Å². The average molecular weight is 417 g/mol. The van der Waals surface area contributed by atoms with Gasteiger partial charge in [0.05, 0.1) is 13.2 Å². The van der Waals surface area contributed by atoms with E-state index in [-0.39, 0.29) is 6.61 Å². The predicted molar refractivity (Wildman–Crippen MR) is 114 cm³/mol. The molecule has 0 bridgehead atoms. The maximum atomic E-state index is 11.5. The normalized spacial score (nSPS) is 19.9. The number of rotatable bonds is 11. The quantitative estimate of drug-likeness (QED) is 0.169. The second-order valence-corrected chi connectivity index (χ2v) is 7.40. The number of carbonyl (C=O) groups is 1. The van der Waals surface area contributed by atoms with Crippen molar-refractivity contribution in [2.24, 2.45) is 11.8 Å². The number of esters is 1. The van der Waals surface area contributed by atoms with Gasteiger partial charge in [-0.15, -0.1) is 5.73 Å². The standard InChI is InChI=1S/C24H32O6/c1-2-29-23(26)24(27,28)22(25)17-7-6-11-19-13-10-14-20(19)12-8-9-18-30-21-15-4-3-5-16-21/h3-6,8,12,15-17,19-20,22,25,27-28H,2,9-11,13-14,18H2,1H3/b12-8+/t7?,19-,20-,22?/m0/s1. The Balaban J connectivity index is 1.77. The van der Waals surface area contributed by atoms with E-state index < -0.39 is 17.9 Å². The van der Waals surface area contributed by atoms with Crippen LogP contribution in [0.2, 0.25) is 0 Å². The molecule has 3 atom stereocenters. The third-order valence-corrected chi connectivity index (χ3v) is 5.18. The van der Waals surface area contributed by atoms with Gasteiger partial charge in [0.15, 0.2) is 0 Å². The van der Waals surface area contributed by atoms with E-state index >= 15 is 0 Å². The monoisotopic (exact) mass is 416 g/mol. The summed E-state index contributed by atoms with van der Waals surface area (Å²) >= 11 is 0. The van der Waals surface area contributed by atoms with Crippen molar-refractivity contribution in [2.75, 3.05) is 13.2 Å². The SMILES string of the molecule is CCOC(=O)C(O)(O)C(O)C=C=CC[C@H]1CCC[C@@H]1/C=C/CCOc1ccccc1. The molecule has 1 aromatic rings. The summed E-state index contributed by atoms with van der Waals surface area (Å²) < 4.78 is 10.2. The largest absolute Gasteiger partial charge is 0.493 e. The first-order valence-corrected chi connectivity index (χ1v) is 10.5. The summed E-state index contributed by atoms with van der Waals surface area (Å²) in [6, 6.07) is 9.75. The summed E-state index contributed by atoms with van der Waals surface area (Å²) in [5.41, 5.74) is 2.76. The molecule has 1 fully saturated rings. The summed E-state index contributed by atoms with van der Waals surface area (Å²) in [5, 5.41) is 29.2. The van der Waals surface area contributed by atoms with Crippen molar-refractivity contribution in [3.8, 4) is 5.75 Å². The molecule has 6 nitrogen and oxygen atoms in total. The number of benzene rings is 1. The summed E-state index contributed by atoms with van der Waals surface area (Å²) in [6.45, 7) is 2.17. The Morgan fingerprint density at radius 2 is 2.07 bits per heavy atom. The highest BCUT2D eigenvalue weighted by atomic mass is 16.6. The fourth-order valence-corrected chi connectivity index (χ4v) is 3.50. The summed E-state index contributed by atoms with van der Waals surface area (Å²) in [5.74, 6) is -2.42. The van der Waals surface area contributed by atoms with Crippen molar-refractivity contribution in [1.29, 1.82) is 0 Å². The summed E-state index contributed by atoms with van der Waals surface area (Å²) in [4.78, 5) is 11.5. The van der Waals surface area contributed by atoms with Crippen LogP contribution in [0, 0.1) is 11.8 Å². The molecule has 6 heteroatoms. The lowest BCUT2D eigenvalue weighted by molar-refractivity contribution is -0.232. The first-order valence-electron chi connectivity index (χ1n) is 10.5. The minimum absolute atomic E-state index is 0.0110. The molecule has 0 aromatic heterocycles. The second-order valence-electron chi connectivity index (χ2n) is 7.40. The van der Waals surface area contributed by atoms with E-state index in [0.29, 0.717) is 18.4 Å². The number of carbonyl (C=O) groups excluding carboxylic acids is 1. The van der Waals surface area contributed by atoms with E-state index in [1.165, 1.54) is 6.42 Å². The van der Waals surface area contributed by atoms with Crippen molar-refractivity contribution >= 4 is 5.97 Å². The third-order valence-electron chi connectivity index (χ3n) is 5.18. The number of aliphatic hydroxyl groups excluding tert-OH is 1.